The zero-order valence-corrected chi connectivity index (χ0v) is 14.2. The van der Waals surface area contributed by atoms with Crippen LogP contribution < -0.4 is 5.32 Å². The normalized spacial score (nSPS) is 13.6. The molecule has 0 spiro atoms. The maximum Gasteiger partial charge on any atom is 0.164 e. The van der Waals surface area contributed by atoms with Crippen molar-refractivity contribution in [3.05, 3.63) is 69.9 Å². The smallest absolute Gasteiger partial charge is 0.164 e. The average Bonchev–Trinajstić information content (AvgIpc) is 2.48. The third-order valence-electron chi connectivity index (χ3n) is 3.56. The highest BCUT2D eigenvalue weighted by Gasteiger charge is 2.14. The zero-order valence-electron chi connectivity index (χ0n) is 12.6. The molecular weight excluding hydrogens is 345 g/mol. The first kappa shape index (κ1) is 16.8. The molecule has 0 bridgehead atoms. The van der Waals surface area contributed by atoms with Gasteiger partial charge in [0, 0.05) is 28.5 Å². The van der Waals surface area contributed by atoms with Gasteiger partial charge in [-0.05, 0) is 55.8 Å². The standard InChI is InChI=1S/C18H19BrFNO/c1-12(11-18(22)15-5-9-17(20)10-6-15)21-13(2)14-3-7-16(19)8-4-14/h3-10,12-13,21H,11H2,1-2H3/t12-,13-/m0/s1. The number of hydrogen-bond donors (Lipinski definition) is 1. The Labute approximate surface area is 138 Å². The average molecular weight is 364 g/mol. The van der Waals surface area contributed by atoms with Crippen molar-refractivity contribution in [3.8, 4) is 0 Å². The van der Waals surface area contributed by atoms with Crippen LogP contribution in [0, 0.1) is 5.82 Å². The number of nitrogens with one attached hydrogen (secondary N) is 1. The monoisotopic (exact) mass is 363 g/mol. The number of rotatable bonds is 6. The lowest BCUT2D eigenvalue weighted by molar-refractivity contribution is 0.0970. The number of ketones is 1. The Balaban J connectivity index is 1.91. The summed E-state index contributed by atoms with van der Waals surface area (Å²) < 4.78 is 13.9. The summed E-state index contributed by atoms with van der Waals surface area (Å²) in [5.74, 6) is -0.311. The molecular formula is C18H19BrFNO. The second-order valence-corrected chi connectivity index (χ2v) is 6.39. The number of Topliss-reactive ketones (excluding diaryl/α,β-unsaturated/α-hetero) is 1. The van der Waals surface area contributed by atoms with E-state index in [1.165, 1.54) is 29.8 Å². The van der Waals surface area contributed by atoms with Crippen molar-refractivity contribution in [2.45, 2.75) is 32.4 Å². The number of carbonyl (C=O) groups is 1. The fourth-order valence-corrected chi connectivity index (χ4v) is 2.63. The number of benzene rings is 2. The lowest BCUT2D eigenvalue weighted by Crippen LogP contribution is -2.31. The molecule has 0 aliphatic carbocycles. The minimum Gasteiger partial charge on any atom is -0.307 e. The molecule has 0 fully saturated rings. The van der Waals surface area contributed by atoms with E-state index in [9.17, 15) is 9.18 Å². The maximum absolute atomic E-state index is 12.9. The molecule has 0 saturated carbocycles. The summed E-state index contributed by atoms with van der Waals surface area (Å²) >= 11 is 3.42. The van der Waals surface area contributed by atoms with E-state index < -0.39 is 0 Å². The lowest BCUT2D eigenvalue weighted by Gasteiger charge is -2.20. The summed E-state index contributed by atoms with van der Waals surface area (Å²) in [5, 5.41) is 3.42. The van der Waals surface area contributed by atoms with Crippen molar-refractivity contribution >= 4 is 21.7 Å². The SMILES string of the molecule is C[C@H](N[C@@H](C)CC(=O)c1ccc(F)cc1)c1ccc(Br)cc1. The Kier molecular flexibility index (Phi) is 5.86. The van der Waals surface area contributed by atoms with Crippen LogP contribution in [-0.2, 0) is 0 Å². The molecule has 0 aliphatic rings. The predicted octanol–water partition coefficient (Wildman–Crippen LogP) is 4.90. The molecule has 1 N–H and O–H groups in total. The number of hydrogen-bond acceptors (Lipinski definition) is 2. The van der Waals surface area contributed by atoms with E-state index in [4.69, 9.17) is 0 Å². The molecule has 2 atom stereocenters. The van der Waals surface area contributed by atoms with Crippen LogP contribution in [-0.4, -0.2) is 11.8 Å². The van der Waals surface area contributed by atoms with Gasteiger partial charge in [-0.1, -0.05) is 28.1 Å². The second-order valence-electron chi connectivity index (χ2n) is 5.48. The Morgan fingerprint density at radius 1 is 1.09 bits per heavy atom. The summed E-state index contributed by atoms with van der Waals surface area (Å²) in [6, 6.07) is 14.0. The Hall–Kier alpha value is -1.52. The molecule has 0 amide bonds. The van der Waals surface area contributed by atoms with Crippen LogP contribution in [0.1, 0.15) is 42.2 Å². The molecule has 2 aromatic rings. The van der Waals surface area contributed by atoms with Crippen LogP contribution in [0.3, 0.4) is 0 Å². The molecule has 2 aromatic carbocycles. The van der Waals surface area contributed by atoms with Gasteiger partial charge in [-0.3, -0.25) is 4.79 Å². The van der Waals surface area contributed by atoms with Crippen molar-refractivity contribution in [3.63, 3.8) is 0 Å². The van der Waals surface area contributed by atoms with E-state index in [1.54, 1.807) is 0 Å². The van der Waals surface area contributed by atoms with Gasteiger partial charge < -0.3 is 5.32 Å². The molecule has 116 valence electrons. The van der Waals surface area contributed by atoms with Gasteiger partial charge >= 0.3 is 0 Å². The second kappa shape index (κ2) is 7.65. The van der Waals surface area contributed by atoms with Crippen molar-refractivity contribution in [2.75, 3.05) is 0 Å². The molecule has 0 aliphatic heterocycles. The largest absolute Gasteiger partial charge is 0.307 e. The van der Waals surface area contributed by atoms with Gasteiger partial charge in [0.05, 0.1) is 0 Å². The quantitative estimate of drug-likeness (QED) is 0.739. The van der Waals surface area contributed by atoms with Gasteiger partial charge in [0.25, 0.3) is 0 Å². The Morgan fingerprint density at radius 3 is 2.27 bits per heavy atom. The molecule has 4 heteroatoms. The summed E-state index contributed by atoms with van der Waals surface area (Å²) in [7, 11) is 0. The maximum atomic E-state index is 12.9. The van der Waals surface area contributed by atoms with E-state index in [1.807, 2.05) is 19.1 Å². The van der Waals surface area contributed by atoms with Crippen molar-refractivity contribution < 1.29 is 9.18 Å². The first-order valence-electron chi connectivity index (χ1n) is 7.26. The van der Waals surface area contributed by atoms with Crippen LogP contribution in [0.15, 0.2) is 53.0 Å². The molecule has 2 nitrogen and oxygen atoms in total. The molecule has 0 radical (unpaired) electrons. The first-order valence-corrected chi connectivity index (χ1v) is 8.05. The fraction of sp³-hybridized carbons (Fsp3) is 0.278. The van der Waals surface area contributed by atoms with E-state index in [2.05, 4.69) is 40.3 Å². The van der Waals surface area contributed by atoms with E-state index in [0.29, 0.717) is 12.0 Å². The highest BCUT2D eigenvalue weighted by atomic mass is 79.9. The van der Waals surface area contributed by atoms with Crippen LogP contribution in [0.25, 0.3) is 0 Å². The van der Waals surface area contributed by atoms with Crippen molar-refractivity contribution in [2.24, 2.45) is 0 Å². The van der Waals surface area contributed by atoms with Crippen LogP contribution >= 0.6 is 15.9 Å². The van der Waals surface area contributed by atoms with Gasteiger partial charge in [0.1, 0.15) is 5.82 Å². The van der Waals surface area contributed by atoms with Crippen LogP contribution in [0.4, 0.5) is 4.39 Å². The van der Waals surface area contributed by atoms with Gasteiger partial charge in [-0.25, -0.2) is 4.39 Å². The van der Waals surface area contributed by atoms with Gasteiger partial charge in [0.2, 0.25) is 0 Å². The van der Waals surface area contributed by atoms with Gasteiger partial charge in [-0.15, -0.1) is 0 Å². The summed E-state index contributed by atoms with van der Waals surface area (Å²) in [5.41, 5.74) is 1.72. The van der Waals surface area contributed by atoms with Gasteiger partial charge in [-0.2, -0.15) is 0 Å². The van der Waals surface area contributed by atoms with Crippen molar-refractivity contribution in [1.29, 1.82) is 0 Å². The predicted molar refractivity (Wildman–Crippen MR) is 90.5 cm³/mol. The minimum atomic E-state index is -0.327. The fourth-order valence-electron chi connectivity index (χ4n) is 2.37. The molecule has 0 aromatic heterocycles. The lowest BCUT2D eigenvalue weighted by atomic mass is 10.0. The Bertz CT molecular complexity index is 625. The zero-order chi connectivity index (χ0) is 16.1. The van der Waals surface area contributed by atoms with Crippen molar-refractivity contribution in [1.82, 2.24) is 5.32 Å². The number of carbonyl (C=O) groups excluding carboxylic acids is 1. The topological polar surface area (TPSA) is 29.1 Å². The highest BCUT2D eigenvalue weighted by molar-refractivity contribution is 9.10. The highest BCUT2D eigenvalue weighted by Crippen LogP contribution is 2.18. The van der Waals surface area contributed by atoms with E-state index in [-0.39, 0.29) is 23.7 Å². The summed E-state index contributed by atoms with van der Waals surface area (Å²) in [6.07, 6.45) is 0.381. The third kappa shape index (κ3) is 4.75. The number of halogens is 2. The van der Waals surface area contributed by atoms with Gasteiger partial charge in [0.15, 0.2) is 5.78 Å². The summed E-state index contributed by atoms with van der Waals surface area (Å²) in [6.45, 7) is 4.05. The minimum absolute atomic E-state index is 0.0167. The third-order valence-corrected chi connectivity index (χ3v) is 4.09. The van der Waals surface area contributed by atoms with E-state index >= 15 is 0 Å². The first-order chi connectivity index (χ1) is 10.5. The molecule has 0 unspecified atom stereocenters. The molecule has 0 heterocycles. The Morgan fingerprint density at radius 2 is 1.68 bits per heavy atom. The molecule has 2 rings (SSSR count). The van der Waals surface area contributed by atoms with E-state index in [0.717, 1.165) is 4.47 Å². The molecule has 22 heavy (non-hydrogen) atoms. The molecule has 0 saturated heterocycles. The van der Waals surface area contributed by atoms with Crippen LogP contribution in [0.2, 0.25) is 0 Å². The van der Waals surface area contributed by atoms with Crippen LogP contribution in [0.5, 0.6) is 0 Å². The summed E-state index contributed by atoms with van der Waals surface area (Å²) in [4.78, 5) is 12.2.